The fourth-order valence-electron chi connectivity index (χ4n) is 3.83. The van der Waals surface area contributed by atoms with Crippen molar-refractivity contribution in [3.05, 3.63) is 59.1 Å². The molecule has 1 saturated heterocycles. The van der Waals surface area contributed by atoms with Crippen LogP contribution in [0.2, 0.25) is 0 Å². The molecule has 0 aliphatic carbocycles. The van der Waals surface area contributed by atoms with Crippen molar-refractivity contribution in [2.45, 2.75) is 19.9 Å². The summed E-state index contributed by atoms with van der Waals surface area (Å²) < 4.78 is 10.7. The minimum atomic E-state index is -0.396. The predicted octanol–water partition coefficient (Wildman–Crippen LogP) is 3.52. The standard InChI is InChI=1S/C23H21N3O4S/c1-14-4-2-3-5-18(14)23-25-16(12-31-23)10-24-22(28)15-8-21(27)26(11-15)17-6-7-19-20(9-17)30-13-29-19/h2-7,9,12,15H,8,10-11,13H2,1H3,(H,24,28). The number of aryl methyl sites for hydroxylation is 1. The highest BCUT2D eigenvalue weighted by atomic mass is 32.1. The first-order chi connectivity index (χ1) is 15.1. The van der Waals surface area contributed by atoms with Crippen LogP contribution in [0.25, 0.3) is 10.6 Å². The van der Waals surface area contributed by atoms with Gasteiger partial charge in [0.15, 0.2) is 11.5 Å². The van der Waals surface area contributed by atoms with E-state index in [0.717, 1.165) is 16.3 Å². The van der Waals surface area contributed by atoms with Crippen LogP contribution in [0.5, 0.6) is 11.5 Å². The molecule has 2 amide bonds. The van der Waals surface area contributed by atoms with Crippen LogP contribution in [-0.4, -0.2) is 30.1 Å². The third-order valence-electron chi connectivity index (χ3n) is 5.53. The molecule has 158 valence electrons. The van der Waals surface area contributed by atoms with Crippen LogP contribution in [0.4, 0.5) is 5.69 Å². The highest BCUT2D eigenvalue weighted by molar-refractivity contribution is 7.13. The van der Waals surface area contributed by atoms with E-state index < -0.39 is 5.92 Å². The van der Waals surface area contributed by atoms with Crippen molar-refractivity contribution >= 4 is 28.8 Å². The average Bonchev–Trinajstić information content (AvgIpc) is 3.51. The summed E-state index contributed by atoms with van der Waals surface area (Å²) in [4.78, 5) is 31.5. The molecule has 0 bridgehead atoms. The molecule has 5 rings (SSSR count). The summed E-state index contributed by atoms with van der Waals surface area (Å²) in [5.74, 6) is 0.674. The molecule has 0 spiro atoms. The highest BCUT2D eigenvalue weighted by Crippen LogP contribution is 2.37. The van der Waals surface area contributed by atoms with Gasteiger partial charge in [0.1, 0.15) is 5.01 Å². The topological polar surface area (TPSA) is 80.8 Å². The summed E-state index contributed by atoms with van der Waals surface area (Å²) in [6, 6.07) is 13.5. The van der Waals surface area contributed by atoms with Gasteiger partial charge >= 0.3 is 0 Å². The van der Waals surface area contributed by atoms with Gasteiger partial charge in [0.2, 0.25) is 18.6 Å². The zero-order chi connectivity index (χ0) is 21.4. The van der Waals surface area contributed by atoms with E-state index in [-0.39, 0.29) is 25.0 Å². The first kappa shape index (κ1) is 19.6. The maximum Gasteiger partial charge on any atom is 0.231 e. The van der Waals surface area contributed by atoms with Gasteiger partial charge in [-0.1, -0.05) is 24.3 Å². The van der Waals surface area contributed by atoms with Crippen molar-refractivity contribution in [1.29, 1.82) is 0 Å². The van der Waals surface area contributed by atoms with E-state index in [1.807, 2.05) is 29.6 Å². The van der Waals surface area contributed by atoms with Gasteiger partial charge in [-0.3, -0.25) is 9.59 Å². The van der Waals surface area contributed by atoms with Crippen LogP contribution in [0, 0.1) is 12.8 Å². The lowest BCUT2D eigenvalue weighted by molar-refractivity contribution is -0.126. The number of amides is 2. The van der Waals surface area contributed by atoms with Gasteiger partial charge in [-0.05, 0) is 24.6 Å². The summed E-state index contributed by atoms with van der Waals surface area (Å²) in [5.41, 5.74) is 3.80. The molecule has 0 saturated carbocycles. The highest BCUT2D eigenvalue weighted by Gasteiger charge is 2.35. The molecule has 1 N–H and O–H groups in total. The number of carbonyl (C=O) groups excluding carboxylic acids is 2. The number of nitrogens with one attached hydrogen (secondary N) is 1. The largest absolute Gasteiger partial charge is 0.454 e. The summed E-state index contributed by atoms with van der Waals surface area (Å²) in [7, 11) is 0. The molecule has 31 heavy (non-hydrogen) atoms. The van der Waals surface area contributed by atoms with E-state index in [1.165, 1.54) is 5.56 Å². The molecule has 0 radical (unpaired) electrons. The molecule has 3 heterocycles. The molecule has 2 aromatic carbocycles. The minimum Gasteiger partial charge on any atom is -0.454 e. The number of nitrogens with zero attached hydrogens (tertiary/aromatic N) is 2. The summed E-state index contributed by atoms with van der Waals surface area (Å²) in [6.45, 7) is 2.92. The normalized spacial score (nSPS) is 17.3. The van der Waals surface area contributed by atoms with Gasteiger partial charge in [-0.2, -0.15) is 0 Å². The SMILES string of the molecule is Cc1ccccc1-c1nc(CNC(=O)C2CC(=O)N(c3ccc4c(c3)OCO4)C2)cs1. The van der Waals surface area contributed by atoms with Crippen LogP contribution in [0.15, 0.2) is 47.8 Å². The Morgan fingerprint density at radius 3 is 2.94 bits per heavy atom. The Hall–Kier alpha value is -3.39. The van der Waals surface area contributed by atoms with E-state index in [9.17, 15) is 9.59 Å². The second-order valence-corrected chi connectivity index (χ2v) is 8.48. The van der Waals surface area contributed by atoms with Crippen LogP contribution in [-0.2, 0) is 16.1 Å². The number of hydrogen-bond donors (Lipinski definition) is 1. The van der Waals surface area contributed by atoms with Crippen molar-refractivity contribution in [3.8, 4) is 22.1 Å². The van der Waals surface area contributed by atoms with Crippen molar-refractivity contribution in [2.24, 2.45) is 5.92 Å². The Morgan fingerprint density at radius 2 is 2.06 bits per heavy atom. The molecular weight excluding hydrogens is 414 g/mol. The summed E-state index contributed by atoms with van der Waals surface area (Å²) in [6.07, 6.45) is 0.186. The molecule has 3 aromatic rings. The van der Waals surface area contributed by atoms with Crippen molar-refractivity contribution < 1.29 is 19.1 Å². The number of thiazole rings is 1. The van der Waals surface area contributed by atoms with Crippen molar-refractivity contribution in [2.75, 3.05) is 18.2 Å². The Kier molecular flexibility index (Phi) is 5.07. The van der Waals surface area contributed by atoms with E-state index in [0.29, 0.717) is 30.3 Å². The number of hydrogen-bond acceptors (Lipinski definition) is 6. The Labute approximate surface area is 183 Å². The van der Waals surface area contributed by atoms with E-state index in [4.69, 9.17) is 9.47 Å². The number of carbonyl (C=O) groups is 2. The molecule has 7 nitrogen and oxygen atoms in total. The second kappa shape index (κ2) is 8.03. The van der Waals surface area contributed by atoms with Crippen LogP contribution >= 0.6 is 11.3 Å². The zero-order valence-electron chi connectivity index (χ0n) is 17.0. The van der Waals surface area contributed by atoms with Gasteiger partial charge in [0.25, 0.3) is 0 Å². The van der Waals surface area contributed by atoms with Crippen molar-refractivity contribution in [3.63, 3.8) is 0 Å². The van der Waals surface area contributed by atoms with E-state index in [2.05, 4.69) is 23.3 Å². The monoisotopic (exact) mass is 435 g/mol. The number of aromatic nitrogens is 1. The average molecular weight is 436 g/mol. The molecule has 1 atom stereocenters. The number of anilines is 1. The summed E-state index contributed by atoms with van der Waals surface area (Å²) in [5, 5.41) is 5.83. The Bertz CT molecular complexity index is 1160. The lowest BCUT2D eigenvalue weighted by atomic mass is 10.1. The number of benzene rings is 2. The lowest BCUT2D eigenvalue weighted by Crippen LogP contribution is -2.32. The Morgan fingerprint density at radius 1 is 1.23 bits per heavy atom. The van der Waals surface area contributed by atoms with E-state index in [1.54, 1.807) is 28.4 Å². The van der Waals surface area contributed by atoms with Crippen LogP contribution < -0.4 is 19.7 Å². The second-order valence-electron chi connectivity index (χ2n) is 7.62. The maximum atomic E-state index is 12.7. The fourth-order valence-corrected chi connectivity index (χ4v) is 4.74. The third kappa shape index (κ3) is 3.86. The lowest BCUT2D eigenvalue weighted by Gasteiger charge is -2.17. The third-order valence-corrected chi connectivity index (χ3v) is 6.46. The molecule has 1 unspecified atom stereocenters. The van der Waals surface area contributed by atoms with Crippen LogP contribution in [0.3, 0.4) is 0 Å². The summed E-state index contributed by atoms with van der Waals surface area (Å²) >= 11 is 1.56. The van der Waals surface area contributed by atoms with Gasteiger partial charge in [0.05, 0.1) is 18.2 Å². The molecule has 2 aliphatic rings. The number of fused-ring (bicyclic) bond motifs is 1. The maximum absolute atomic E-state index is 12.7. The van der Waals surface area contributed by atoms with Gasteiger partial charge in [-0.15, -0.1) is 11.3 Å². The molecular formula is C23H21N3O4S. The van der Waals surface area contributed by atoms with Crippen LogP contribution in [0.1, 0.15) is 17.7 Å². The predicted molar refractivity (Wildman–Crippen MR) is 117 cm³/mol. The Balaban J connectivity index is 1.21. The molecule has 1 fully saturated rings. The van der Waals surface area contributed by atoms with Gasteiger partial charge in [0, 0.05) is 35.7 Å². The van der Waals surface area contributed by atoms with E-state index >= 15 is 0 Å². The minimum absolute atomic E-state index is 0.0745. The quantitative estimate of drug-likeness (QED) is 0.663. The molecule has 1 aromatic heterocycles. The fraction of sp³-hybridized carbons (Fsp3) is 0.261. The first-order valence-corrected chi connectivity index (χ1v) is 10.9. The van der Waals surface area contributed by atoms with Crippen molar-refractivity contribution in [1.82, 2.24) is 10.3 Å². The van der Waals surface area contributed by atoms with Gasteiger partial charge < -0.3 is 19.7 Å². The molecule has 2 aliphatic heterocycles. The molecule has 8 heteroatoms. The number of rotatable bonds is 5. The zero-order valence-corrected chi connectivity index (χ0v) is 17.8. The number of ether oxygens (including phenoxy) is 2. The smallest absolute Gasteiger partial charge is 0.231 e. The van der Waals surface area contributed by atoms with Gasteiger partial charge in [-0.25, -0.2) is 4.98 Å². The first-order valence-electron chi connectivity index (χ1n) is 10.1.